The van der Waals surface area contributed by atoms with E-state index in [-0.39, 0.29) is 23.0 Å². The number of carbonyl (C=O) groups excluding carboxylic acids is 1. The van der Waals surface area contributed by atoms with Crippen molar-refractivity contribution in [3.8, 4) is 23.3 Å². The average molecular weight is 563 g/mol. The van der Waals surface area contributed by atoms with Gasteiger partial charge in [0, 0.05) is 27.6 Å². The van der Waals surface area contributed by atoms with Crippen molar-refractivity contribution in [3.05, 3.63) is 135 Å². The molecule has 0 radical (unpaired) electrons. The minimum atomic E-state index is -0.661. The average Bonchev–Trinajstić information content (AvgIpc) is 3.31. The lowest BCUT2D eigenvalue weighted by Crippen LogP contribution is -2.21. The van der Waals surface area contributed by atoms with E-state index in [1.165, 1.54) is 0 Å². The largest absolute Gasteiger partial charge is 0.489 e. The highest BCUT2D eigenvalue weighted by Crippen LogP contribution is 2.44. The van der Waals surface area contributed by atoms with Crippen LogP contribution in [-0.2, 0) is 6.61 Å². The zero-order chi connectivity index (χ0) is 28.5. The molecular weight excluding hydrogens is 540 g/mol. The van der Waals surface area contributed by atoms with Crippen LogP contribution in [0.3, 0.4) is 0 Å². The number of nitrogens with two attached hydrogens (primary N) is 1. The van der Waals surface area contributed by atoms with Gasteiger partial charge in [0.2, 0.25) is 11.6 Å². The van der Waals surface area contributed by atoms with Gasteiger partial charge in [0.25, 0.3) is 0 Å². The molecule has 1 atom stereocenters. The van der Waals surface area contributed by atoms with Crippen LogP contribution in [0.1, 0.15) is 38.7 Å². The number of rotatable bonds is 6. The van der Waals surface area contributed by atoms with Gasteiger partial charge in [-0.2, -0.15) is 5.26 Å². The van der Waals surface area contributed by atoms with E-state index in [1.54, 1.807) is 43.3 Å². The Labute approximate surface area is 240 Å². The molecule has 2 N–H and O–H groups in total. The summed E-state index contributed by atoms with van der Waals surface area (Å²) in [5.74, 6) is 0.163. The topological polar surface area (TPSA) is 108 Å². The molecule has 202 valence electrons. The third-order valence-electron chi connectivity index (χ3n) is 6.92. The molecule has 8 heteroatoms. The van der Waals surface area contributed by atoms with Crippen LogP contribution in [-0.4, -0.2) is 5.97 Å². The van der Waals surface area contributed by atoms with Gasteiger partial charge in [0.05, 0.1) is 5.92 Å². The van der Waals surface area contributed by atoms with Crippen molar-refractivity contribution in [1.29, 1.82) is 5.26 Å². The molecule has 0 amide bonds. The SMILES string of the molecule is Cc1c(C(=O)Oc2ccc3c(c2)OC(N)=C(C#N)C3c2cccc(OCc3ccccc3)c2)oc2ccc(Cl)cc12. The summed E-state index contributed by atoms with van der Waals surface area (Å²) in [6.07, 6.45) is 0. The lowest BCUT2D eigenvalue weighted by molar-refractivity contribution is 0.0702. The summed E-state index contributed by atoms with van der Waals surface area (Å²) in [4.78, 5) is 13.0. The fourth-order valence-corrected chi connectivity index (χ4v) is 5.08. The molecule has 4 aromatic carbocycles. The van der Waals surface area contributed by atoms with Gasteiger partial charge in [-0.3, -0.25) is 0 Å². The van der Waals surface area contributed by atoms with Crippen LogP contribution in [0.2, 0.25) is 5.02 Å². The lowest BCUT2D eigenvalue weighted by atomic mass is 9.83. The summed E-state index contributed by atoms with van der Waals surface area (Å²) in [5.41, 5.74) is 10.2. The summed E-state index contributed by atoms with van der Waals surface area (Å²) in [6.45, 7) is 2.18. The third kappa shape index (κ3) is 5.09. The number of halogens is 1. The maximum atomic E-state index is 13.0. The highest BCUT2D eigenvalue weighted by molar-refractivity contribution is 6.31. The van der Waals surface area contributed by atoms with Crippen molar-refractivity contribution in [1.82, 2.24) is 0 Å². The van der Waals surface area contributed by atoms with Gasteiger partial charge in [0.1, 0.15) is 41.1 Å². The Balaban J connectivity index is 1.28. The molecule has 0 aliphatic carbocycles. The number of aryl methyl sites for hydroxylation is 1. The Kier molecular flexibility index (Phi) is 6.84. The van der Waals surface area contributed by atoms with E-state index in [2.05, 4.69) is 6.07 Å². The molecule has 6 rings (SSSR count). The number of allylic oxidation sites excluding steroid dienone is 1. The molecule has 2 heterocycles. The van der Waals surface area contributed by atoms with E-state index in [0.29, 0.717) is 39.8 Å². The Morgan fingerprint density at radius 2 is 1.83 bits per heavy atom. The normalized spacial score (nSPS) is 14.2. The molecule has 1 unspecified atom stereocenters. The van der Waals surface area contributed by atoms with Crippen LogP contribution >= 0.6 is 11.6 Å². The molecule has 1 aliphatic rings. The number of hydrogen-bond acceptors (Lipinski definition) is 7. The second-order valence-corrected chi connectivity index (χ2v) is 9.99. The first kappa shape index (κ1) is 26.1. The Morgan fingerprint density at radius 3 is 2.63 bits per heavy atom. The predicted octanol–water partition coefficient (Wildman–Crippen LogP) is 7.41. The number of nitriles is 1. The third-order valence-corrected chi connectivity index (χ3v) is 7.16. The van der Waals surface area contributed by atoms with E-state index in [1.807, 2.05) is 54.6 Å². The molecule has 41 heavy (non-hydrogen) atoms. The molecule has 0 bridgehead atoms. The van der Waals surface area contributed by atoms with Crippen LogP contribution in [0.15, 0.2) is 107 Å². The van der Waals surface area contributed by atoms with Crippen molar-refractivity contribution < 1.29 is 23.4 Å². The number of nitrogens with zero attached hydrogens (tertiary/aromatic N) is 1. The zero-order valence-corrected chi connectivity index (χ0v) is 22.6. The first-order chi connectivity index (χ1) is 19.9. The fraction of sp³-hybridized carbons (Fsp3) is 0.0909. The monoisotopic (exact) mass is 562 g/mol. The summed E-state index contributed by atoms with van der Waals surface area (Å²) >= 11 is 6.10. The van der Waals surface area contributed by atoms with Crippen molar-refractivity contribution in [2.45, 2.75) is 19.4 Å². The highest BCUT2D eigenvalue weighted by atomic mass is 35.5. The summed E-state index contributed by atoms with van der Waals surface area (Å²) in [7, 11) is 0. The smallest absolute Gasteiger partial charge is 0.379 e. The number of carbonyl (C=O) groups is 1. The summed E-state index contributed by atoms with van der Waals surface area (Å²) < 4.78 is 23.2. The van der Waals surface area contributed by atoms with Crippen molar-refractivity contribution in [2.75, 3.05) is 0 Å². The quantitative estimate of drug-likeness (QED) is 0.169. The minimum Gasteiger partial charge on any atom is -0.489 e. The summed E-state index contributed by atoms with van der Waals surface area (Å²) in [5, 5.41) is 11.2. The van der Waals surface area contributed by atoms with E-state index >= 15 is 0 Å². The standard InChI is InChI=1S/C33H23ClN2O5/c1-19-26-15-22(34)10-13-28(26)40-31(19)33(37)39-24-11-12-25-29(16-24)41-32(36)27(17-35)30(25)21-8-5-9-23(14-21)38-18-20-6-3-2-4-7-20/h2-16,30H,18,36H2,1H3. The maximum absolute atomic E-state index is 13.0. The zero-order valence-electron chi connectivity index (χ0n) is 21.9. The molecular formula is C33H23ClN2O5. The molecule has 1 aromatic heterocycles. The number of furan rings is 1. The van der Waals surface area contributed by atoms with Gasteiger partial charge in [-0.05, 0) is 54.4 Å². The Bertz CT molecular complexity index is 1870. The first-order valence-electron chi connectivity index (χ1n) is 12.8. The number of hydrogen-bond donors (Lipinski definition) is 1. The number of ether oxygens (including phenoxy) is 3. The number of esters is 1. The van der Waals surface area contributed by atoms with Gasteiger partial charge < -0.3 is 24.4 Å². The molecule has 0 fully saturated rings. The van der Waals surface area contributed by atoms with Gasteiger partial charge in [-0.25, -0.2) is 4.79 Å². The molecule has 0 saturated heterocycles. The van der Waals surface area contributed by atoms with Crippen LogP contribution in [0, 0.1) is 18.3 Å². The lowest BCUT2D eigenvalue weighted by Gasteiger charge is -2.27. The fourth-order valence-electron chi connectivity index (χ4n) is 4.91. The van der Waals surface area contributed by atoms with Gasteiger partial charge in [-0.1, -0.05) is 60.1 Å². The van der Waals surface area contributed by atoms with Gasteiger partial charge in [0.15, 0.2) is 0 Å². The van der Waals surface area contributed by atoms with E-state index in [0.717, 1.165) is 16.5 Å². The Hall–Kier alpha value is -5.19. The van der Waals surface area contributed by atoms with Crippen LogP contribution in [0.4, 0.5) is 0 Å². The molecule has 5 aromatic rings. The van der Waals surface area contributed by atoms with Crippen molar-refractivity contribution >= 4 is 28.5 Å². The predicted molar refractivity (Wildman–Crippen MR) is 154 cm³/mol. The minimum absolute atomic E-state index is 0.0194. The second-order valence-electron chi connectivity index (χ2n) is 9.56. The van der Waals surface area contributed by atoms with Crippen LogP contribution in [0.25, 0.3) is 11.0 Å². The van der Waals surface area contributed by atoms with E-state index in [4.69, 9.17) is 36.0 Å². The Morgan fingerprint density at radius 1 is 1.00 bits per heavy atom. The molecule has 0 spiro atoms. The second kappa shape index (κ2) is 10.8. The van der Waals surface area contributed by atoms with Crippen LogP contribution in [0.5, 0.6) is 17.2 Å². The van der Waals surface area contributed by atoms with Gasteiger partial charge in [-0.15, -0.1) is 0 Å². The van der Waals surface area contributed by atoms with Crippen LogP contribution < -0.4 is 19.9 Å². The van der Waals surface area contributed by atoms with Crippen molar-refractivity contribution in [2.24, 2.45) is 5.73 Å². The molecule has 1 aliphatic heterocycles. The number of benzene rings is 4. The molecule has 0 saturated carbocycles. The van der Waals surface area contributed by atoms with Gasteiger partial charge >= 0.3 is 5.97 Å². The van der Waals surface area contributed by atoms with E-state index < -0.39 is 11.9 Å². The van der Waals surface area contributed by atoms with E-state index in [9.17, 15) is 10.1 Å². The first-order valence-corrected chi connectivity index (χ1v) is 13.2. The number of fused-ring (bicyclic) bond motifs is 2. The molecule has 7 nitrogen and oxygen atoms in total. The highest BCUT2D eigenvalue weighted by Gasteiger charge is 2.31. The van der Waals surface area contributed by atoms with Crippen molar-refractivity contribution in [3.63, 3.8) is 0 Å². The maximum Gasteiger partial charge on any atom is 0.379 e. The summed E-state index contributed by atoms with van der Waals surface area (Å²) in [6, 6.07) is 29.7.